The molecule has 0 saturated carbocycles. The maximum Gasteiger partial charge on any atom is 0.239 e. The second-order valence-corrected chi connectivity index (χ2v) is 5.99. The highest BCUT2D eigenvalue weighted by Gasteiger charge is 2.16. The van der Waals surface area contributed by atoms with E-state index in [1.54, 1.807) is 4.90 Å². The van der Waals surface area contributed by atoms with E-state index in [2.05, 4.69) is 16.4 Å². The van der Waals surface area contributed by atoms with Crippen molar-refractivity contribution in [1.29, 1.82) is 0 Å². The fraction of sp³-hybridized carbons (Fsp3) is 0.444. The molecule has 124 valence electrons. The molecule has 0 unspecified atom stereocenters. The van der Waals surface area contributed by atoms with Gasteiger partial charge in [0.2, 0.25) is 11.8 Å². The highest BCUT2D eigenvalue weighted by Crippen LogP contribution is 2.19. The number of fused-ring (bicyclic) bond motifs is 1. The van der Waals surface area contributed by atoms with Crippen LogP contribution in [0.4, 0.5) is 0 Å². The summed E-state index contributed by atoms with van der Waals surface area (Å²) in [6.07, 6.45) is 3.04. The molecule has 0 radical (unpaired) electrons. The lowest BCUT2D eigenvalue weighted by Crippen LogP contribution is -2.42. The van der Waals surface area contributed by atoms with Crippen molar-refractivity contribution in [2.45, 2.75) is 39.7 Å². The van der Waals surface area contributed by atoms with Crippen molar-refractivity contribution >= 4 is 22.7 Å². The Morgan fingerprint density at radius 2 is 2.00 bits per heavy atom. The highest BCUT2D eigenvalue weighted by molar-refractivity contribution is 5.86. The summed E-state index contributed by atoms with van der Waals surface area (Å²) in [4.78, 5) is 29.0. The van der Waals surface area contributed by atoms with Crippen LogP contribution >= 0.6 is 0 Å². The molecule has 2 aromatic rings. The smallest absolute Gasteiger partial charge is 0.239 e. The SMILES string of the molecule is CCN(CC(=O)NC(C)C)C(=O)CCc1c[nH]c2ccccc12. The van der Waals surface area contributed by atoms with Crippen molar-refractivity contribution in [1.82, 2.24) is 15.2 Å². The predicted octanol–water partition coefficient (Wildman–Crippen LogP) is 2.47. The van der Waals surface area contributed by atoms with Crippen LogP contribution in [0, 0.1) is 0 Å². The van der Waals surface area contributed by atoms with E-state index >= 15 is 0 Å². The van der Waals surface area contributed by atoms with Gasteiger partial charge in [0.25, 0.3) is 0 Å². The first-order valence-electron chi connectivity index (χ1n) is 8.13. The van der Waals surface area contributed by atoms with Crippen LogP contribution in [-0.4, -0.2) is 40.8 Å². The molecule has 2 amide bonds. The van der Waals surface area contributed by atoms with Crippen LogP contribution in [0.2, 0.25) is 0 Å². The van der Waals surface area contributed by atoms with Gasteiger partial charge in [0.05, 0.1) is 6.54 Å². The molecule has 1 heterocycles. The third-order valence-corrected chi connectivity index (χ3v) is 3.80. The van der Waals surface area contributed by atoms with Gasteiger partial charge in [-0.1, -0.05) is 18.2 Å². The Balaban J connectivity index is 1.93. The van der Waals surface area contributed by atoms with Crippen LogP contribution in [0.3, 0.4) is 0 Å². The number of hydrogen-bond acceptors (Lipinski definition) is 2. The lowest BCUT2D eigenvalue weighted by molar-refractivity contribution is -0.136. The second-order valence-electron chi connectivity index (χ2n) is 5.99. The van der Waals surface area contributed by atoms with Gasteiger partial charge in [-0.3, -0.25) is 9.59 Å². The average molecular weight is 315 g/mol. The van der Waals surface area contributed by atoms with Gasteiger partial charge in [0, 0.05) is 36.1 Å². The number of nitrogens with one attached hydrogen (secondary N) is 2. The molecule has 1 aromatic carbocycles. The molecule has 0 fully saturated rings. The molecule has 0 saturated heterocycles. The fourth-order valence-corrected chi connectivity index (χ4v) is 2.66. The summed E-state index contributed by atoms with van der Waals surface area (Å²) in [5, 5.41) is 3.97. The molecule has 0 atom stereocenters. The number of likely N-dealkylation sites (N-methyl/N-ethyl adjacent to an activating group) is 1. The van der Waals surface area contributed by atoms with E-state index in [1.165, 1.54) is 0 Å². The minimum absolute atomic E-state index is 0.0108. The van der Waals surface area contributed by atoms with Gasteiger partial charge in [-0.2, -0.15) is 0 Å². The van der Waals surface area contributed by atoms with E-state index in [4.69, 9.17) is 0 Å². The number of nitrogens with zero attached hydrogens (tertiary/aromatic N) is 1. The van der Waals surface area contributed by atoms with Crippen molar-refractivity contribution < 1.29 is 9.59 Å². The Kier molecular flexibility index (Phi) is 5.79. The van der Waals surface area contributed by atoms with E-state index < -0.39 is 0 Å². The van der Waals surface area contributed by atoms with E-state index in [1.807, 2.05) is 45.2 Å². The van der Waals surface area contributed by atoms with E-state index in [0.717, 1.165) is 16.5 Å². The molecule has 1 aromatic heterocycles. The lowest BCUT2D eigenvalue weighted by atomic mass is 10.1. The number of para-hydroxylation sites is 1. The minimum Gasteiger partial charge on any atom is -0.361 e. The average Bonchev–Trinajstić information content (AvgIpc) is 2.93. The van der Waals surface area contributed by atoms with Crippen LogP contribution in [-0.2, 0) is 16.0 Å². The van der Waals surface area contributed by atoms with Gasteiger partial charge in [-0.15, -0.1) is 0 Å². The normalized spacial score (nSPS) is 11.0. The van der Waals surface area contributed by atoms with E-state index in [0.29, 0.717) is 19.4 Å². The van der Waals surface area contributed by atoms with E-state index in [9.17, 15) is 9.59 Å². The van der Waals surface area contributed by atoms with Crippen molar-refractivity contribution in [2.24, 2.45) is 0 Å². The van der Waals surface area contributed by atoms with Gasteiger partial charge in [0.15, 0.2) is 0 Å². The number of aromatic nitrogens is 1. The summed E-state index contributed by atoms with van der Waals surface area (Å²) in [5.74, 6) is -0.0982. The van der Waals surface area contributed by atoms with Gasteiger partial charge in [-0.25, -0.2) is 0 Å². The maximum absolute atomic E-state index is 12.4. The fourth-order valence-electron chi connectivity index (χ4n) is 2.66. The minimum atomic E-state index is -0.109. The van der Waals surface area contributed by atoms with Crippen LogP contribution in [0.15, 0.2) is 30.5 Å². The summed E-state index contributed by atoms with van der Waals surface area (Å²) >= 11 is 0. The Labute approximate surface area is 137 Å². The molecule has 0 aliphatic rings. The molecule has 2 N–H and O–H groups in total. The zero-order valence-electron chi connectivity index (χ0n) is 14.1. The Hall–Kier alpha value is -2.30. The zero-order valence-corrected chi connectivity index (χ0v) is 14.1. The molecule has 0 aliphatic heterocycles. The van der Waals surface area contributed by atoms with Crippen molar-refractivity contribution in [3.8, 4) is 0 Å². The van der Waals surface area contributed by atoms with Crippen LogP contribution in [0.1, 0.15) is 32.8 Å². The molecule has 2 rings (SSSR count). The molecule has 5 nitrogen and oxygen atoms in total. The first-order valence-corrected chi connectivity index (χ1v) is 8.13. The number of benzene rings is 1. The summed E-state index contributed by atoms with van der Waals surface area (Å²) in [5.41, 5.74) is 2.22. The van der Waals surface area contributed by atoms with Crippen LogP contribution in [0.25, 0.3) is 10.9 Å². The molecule has 23 heavy (non-hydrogen) atoms. The largest absolute Gasteiger partial charge is 0.361 e. The number of amides is 2. The second kappa shape index (κ2) is 7.81. The Bertz CT molecular complexity index is 676. The van der Waals surface area contributed by atoms with Gasteiger partial charge >= 0.3 is 0 Å². The molecular formula is C18H25N3O2. The lowest BCUT2D eigenvalue weighted by Gasteiger charge is -2.21. The quantitative estimate of drug-likeness (QED) is 0.824. The van der Waals surface area contributed by atoms with Gasteiger partial charge < -0.3 is 15.2 Å². The summed E-state index contributed by atoms with van der Waals surface area (Å²) < 4.78 is 0. The number of aromatic amines is 1. The zero-order chi connectivity index (χ0) is 16.8. The molecule has 5 heteroatoms. The third-order valence-electron chi connectivity index (χ3n) is 3.80. The Morgan fingerprint density at radius 3 is 2.70 bits per heavy atom. The first-order chi connectivity index (χ1) is 11.0. The van der Waals surface area contributed by atoms with Gasteiger partial charge in [0.1, 0.15) is 0 Å². The Morgan fingerprint density at radius 1 is 1.26 bits per heavy atom. The number of hydrogen-bond donors (Lipinski definition) is 2. The molecular weight excluding hydrogens is 290 g/mol. The molecule has 0 aliphatic carbocycles. The number of aryl methyl sites for hydroxylation is 1. The van der Waals surface area contributed by atoms with Crippen molar-refractivity contribution in [2.75, 3.05) is 13.1 Å². The summed E-state index contributed by atoms with van der Waals surface area (Å²) in [6.45, 7) is 6.38. The first kappa shape index (κ1) is 17.1. The highest BCUT2D eigenvalue weighted by atomic mass is 16.2. The third kappa shape index (κ3) is 4.58. The predicted molar refractivity (Wildman–Crippen MR) is 92.2 cm³/mol. The van der Waals surface area contributed by atoms with E-state index in [-0.39, 0.29) is 24.4 Å². The maximum atomic E-state index is 12.4. The summed E-state index contributed by atoms with van der Waals surface area (Å²) in [6, 6.07) is 8.15. The standard InChI is InChI=1S/C18H25N3O2/c1-4-21(12-17(22)20-13(2)3)18(23)10-9-14-11-19-16-8-6-5-7-15(14)16/h5-8,11,13,19H,4,9-10,12H2,1-3H3,(H,20,22). The number of H-pyrrole nitrogens is 1. The monoisotopic (exact) mass is 315 g/mol. The van der Waals surface area contributed by atoms with Crippen molar-refractivity contribution in [3.05, 3.63) is 36.0 Å². The number of rotatable bonds is 7. The van der Waals surface area contributed by atoms with Crippen LogP contribution in [0.5, 0.6) is 0 Å². The topological polar surface area (TPSA) is 65.2 Å². The van der Waals surface area contributed by atoms with Crippen molar-refractivity contribution in [3.63, 3.8) is 0 Å². The number of carbonyl (C=O) groups excluding carboxylic acids is 2. The molecule has 0 bridgehead atoms. The molecule has 0 spiro atoms. The van der Waals surface area contributed by atoms with Gasteiger partial charge in [-0.05, 0) is 38.8 Å². The number of carbonyl (C=O) groups is 2. The van der Waals surface area contributed by atoms with Crippen LogP contribution < -0.4 is 5.32 Å². The summed E-state index contributed by atoms with van der Waals surface area (Å²) in [7, 11) is 0.